The number of hydrogen-bond acceptors (Lipinski definition) is 3. The molecule has 1 aromatic carbocycles. The molecule has 1 unspecified atom stereocenters. The van der Waals surface area contributed by atoms with Crippen LogP contribution < -0.4 is 0 Å². The average Bonchev–Trinajstić information content (AvgIpc) is 2.44. The van der Waals surface area contributed by atoms with Crippen LogP contribution in [0.5, 0.6) is 0 Å². The summed E-state index contributed by atoms with van der Waals surface area (Å²) < 4.78 is 12.0. The van der Waals surface area contributed by atoms with Gasteiger partial charge in [-0.15, -0.1) is 0 Å². The Morgan fingerprint density at radius 3 is 2.27 bits per heavy atom. The number of aliphatic hydroxyl groups is 1. The van der Waals surface area contributed by atoms with E-state index in [1.807, 2.05) is 18.2 Å². The van der Waals surface area contributed by atoms with E-state index in [1.54, 1.807) is 0 Å². The Bertz CT molecular complexity index is 412. The van der Waals surface area contributed by atoms with Crippen LogP contribution in [0.1, 0.15) is 32.8 Å². The number of ether oxygens (including phenoxy) is 1. The highest BCUT2D eigenvalue weighted by Crippen LogP contribution is 2.36. The molecule has 0 bridgehead atoms. The molecule has 0 aliphatic carbocycles. The molecule has 1 atom stereocenters. The molecule has 1 N–H and O–H groups in total. The number of benzene rings is 1. The first-order valence-corrected chi connectivity index (χ1v) is 11.1. The van der Waals surface area contributed by atoms with Gasteiger partial charge in [0.15, 0.2) is 8.32 Å². The van der Waals surface area contributed by atoms with Gasteiger partial charge < -0.3 is 14.3 Å². The first-order chi connectivity index (χ1) is 10.3. The van der Waals surface area contributed by atoms with Gasteiger partial charge in [0.25, 0.3) is 0 Å². The molecule has 4 heteroatoms. The zero-order chi connectivity index (χ0) is 16.6. The molecule has 0 heterocycles. The SMILES string of the molecule is CC(C)(C)[Si](C)(C)OCCC(Cc1ccccc1)OCCO. The fourth-order valence-corrected chi connectivity index (χ4v) is 3.06. The summed E-state index contributed by atoms with van der Waals surface area (Å²) in [6.45, 7) is 12.5. The normalized spacial score (nSPS) is 14.1. The third kappa shape index (κ3) is 6.61. The summed E-state index contributed by atoms with van der Waals surface area (Å²) in [4.78, 5) is 0. The molecule has 0 spiro atoms. The summed E-state index contributed by atoms with van der Waals surface area (Å²) in [5.74, 6) is 0. The molecule has 3 nitrogen and oxygen atoms in total. The molecule has 0 radical (unpaired) electrons. The predicted molar refractivity (Wildman–Crippen MR) is 94.7 cm³/mol. The van der Waals surface area contributed by atoms with Crippen LogP contribution in [0.15, 0.2) is 30.3 Å². The van der Waals surface area contributed by atoms with Crippen molar-refractivity contribution in [2.24, 2.45) is 0 Å². The molecular formula is C18H32O3Si. The predicted octanol–water partition coefficient (Wildman–Crippen LogP) is 4.02. The van der Waals surface area contributed by atoms with Crippen molar-refractivity contribution < 1.29 is 14.3 Å². The zero-order valence-corrected chi connectivity index (χ0v) is 15.8. The fraction of sp³-hybridized carbons (Fsp3) is 0.667. The first-order valence-electron chi connectivity index (χ1n) is 8.16. The Labute approximate surface area is 136 Å². The maximum atomic E-state index is 8.99. The van der Waals surface area contributed by atoms with Gasteiger partial charge in [-0.25, -0.2) is 0 Å². The molecule has 0 fully saturated rings. The number of rotatable bonds is 9. The van der Waals surface area contributed by atoms with E-state index in [2.05, 4.69) is 46.0 Å². The molecule has 1 rings (SSSR count). The minimum atomic E-state index is -1.70. The summed E-state index contributed by atoms with van der Waals surface area (Å²) in [6, 6.07) is 10.3. The highest BCUT2D eigenvalue weighted by molar-refractivity contribution is 6.74. The highest BCUT2D eigenvalue weighted by Gasteiger charge is 2.37. The van der Waals surface area contributed by atoms with Gasteiger partial charge in [-0.1, -0.05) is 51.1 Å². The molecule has 0 saturated carbocycles. The quantitative estimate of drug-likeness (QED) is 0.697. The molecule has 0 aliphatic rings. The lowest BCUT2D eigenvalue weighted by molar-refractivity contribution is 0.0165. The van der Waals surface area contributed by atoms with Gasteiger partial charge in [0.05, 0.1) is 19.3 Å². The van der Waals surface area contributed by atoms with Crippen LogP contribution in [0, 0.1) is 0 Å². The Kier molecular flexibility index (Phi) is 7.76. The van der Waals surface area contributed by atoms with Crippen molar-refractivity contribution in [3.05, 3.63) is 35.9 Å². The molecule has 0 aromatic heterocycles. The average molecular weight is 325 g/mol. The molecule has 0 saturated heterocycles. The van der Waals surface area contributed by atoms with Gasteiger partial charge >= 0.3 is 0 Å². The van der Waals surface area contributed by atoms with E-state index in [0.29, 0.717) is 6.61 Å². The van der Waals surface area contributed by atoms with Crippen LogP contribution in [0.2, 0.25) is 18.1 Å². The standard InChI is InChI=1S/C18H32O3Si/c1-18(2,3)22(4,5)21-13-11-17(20-14-12-19)15-16-9-7-6-8-10-16/h6-10,17,19H,11-15H2,1-5H3. The third-order valence-corrected chi connectivity index (χ3v) is 9.00. The van der Waals surface area contributed by atoms with E-state index in [1.165, 1.54) is 5.56 Å². The lowest BCUT2D eigenvalue weighted by Gasteiger charge is -2.36. The van der Waals surface area contributed by atoms with Crippen LogP contribution in [0.3, 0.4) is 0 Å². The molecule has 1 aromatic rings. The van der Waals surface area contributed by atoms with Crippen LogP contribution in [0.25, 0.3) is 0 Å². The van der Waals surface area contributed by atoms with Crippen molar-refractivity contribution in [3.8, 4) is 0 Å². The largest absolute Gasteiger partial charge is 0.417 e. The Morgan fingerprint density at radius 1 is 1.09 bits per heavy atom. The van der Waals surface area contributed by atoms with Crippen molar-refractivity contribution in [1.29, 1.82) is 0 Å². The minimum Gasteiger partial charge on any atom is -0.417 e. The Morgan fingerprint density at radius 2 is 1.73 bits per heavy atom. The zero-order valence-electron chi connectivity index (χ0n) is 14.8. The van der Waals surface area contributed by atoms with E-state index in [4.69, 9.17) is 14.3 Å². The van der Waals surface area contributed by atoms with Crippen molar-refractivity contribution in [1.82, 2.24) is 0 Å². The van der Waals surface area contributed by atoms with Gasteiger partial charge in [-0.2, -0.15) is 0 Å². The Balaban J connectivity index is 2.51. The van der Waals surface area contributed by atoms with Gasteiger partial charge in [0.2, 0.25) is 0 Å². The maximum Gasteiger partial charge on any atom is 0.191 e. The molecule has 0 aliphatic heterocycles. The summed E-state index contributed by atoms with van der Waals surface area (Å²) >= 11 is 0. The van der Waals surface area contributed by atoms with Crippen LogP contribution in [-0.2, 0) is 15.6 Å². The van der Waals surface area contributed by atoms with Crippen molar-refractivity contribution in [3.63, 3.8) is 0 Å². The lowest BCUT2D eigenvalue weighted by atomic mass is 10.1. The topological polar surface area (TPSA) is 38.7 Å². The first kappa shape index (κ1) is 19.4. The second kappa shape index (κ2) is 8.82. The third-order valence-electron chi connectivity index (χ3n) is 4.46. The second-order valence-corrected chi connectivity index (χ2v) is 12.1. The van der Waals surface area contributed by atoms with Crippen LogP contribution >= 0.6 is 0 Å². The van der Waals surface area contributed by atoms with Crippen molar-refractivity contribution in [2.75, 3.05) is 19.8 Å². The monoisotopic (exact) mass is 324 g/mol. The number of hydrogen-bond donors (Lipinski definition) is 1. The summed E-state index contributed by atoms with van der Waals surface area (Å²) in [5.41, 5.74) is 1.26. The molecule has 0 amide bonds. The van der Waals surface area contributed by atoms with E-state index in [0.717, 1.165) is 19.4 Å². The van der Waals surface area contributed by atoms with Crippen LogP contribution in [-0.4, -0.2) is 39.3 Å². The van der Waals surface area contributed by atoms with E-state index >= 15 is 0 Å². The van der Waals surface area contributed by atoms with Gasteiger partial charge in [0.1, 0.15) is 0 Å². The lowest BCUT2D eigenvalue weighted by Crippen LogP contribution is -2.41. The van der Waals surface area contributed by atoms with E-state index < -0.39 is 8.32 Å². The summed E-state index contributed by atoms with van der Waals surface area (Å²) in [5, 5.41) is 9.22. The van der Waals surface area contributed by atoms with Crippen molar-refractivity contribution >= 4 is 8.32 Å². The van der Waals surface area contributed by atoms with E-state index in [-0.39, 0.29) is 17.7 Å². The van der Waals surface area contributed by atoms with Crippen molar-refractivity contribution in [2.45, 2.75) is 57.8 Å². The summed E-state index contributed by atoms with van der Waals surface area (Å²) in [6.07, 6.45) is 1.82. The van der Waals surface area contributed by atoms with Gasteiger partial charge in [-0.05, 0) is 36.5 Å². The summed E-state index contributed by atoms with van der Waals surface area (Å²) in [7, 11) is -1.70. The van der Waals surface area contributed by atoms with E-state index in [9.17, 15) is 0 Å². The minimum absolute atomic E-state index is 0.0639. The fourth-order valence-electron chi connectivity index (χ4n) is 2.00. The smallest absolute Gasteiger partial charge is 0.191 e. The molecular weight excluding hydrogens is 292 g/mol. The Hall–Kier alpha value is -0.683. The van der Waals surface area contributed by atoms with Gasteiger partial charge in [0, 0.05) is 6.61 Å². The second-order valence-electron chi connectivity index (χ2n) is 7.30. The number of aliphatic hydroxyl groups excluding tert-OH is 1. The molecule has 22 heavy (non-hydrogen) atoms. The van der Waals surface area contributed by atoms with Crippen LogP contribution in [0.4, 0.5) is 0 Å². The highest BCUT2D eigenvalue weighted by atomic mass is 28.4. The van der Waals surface area contributed by atoms with Gasteiger partial charge in [-0.3, -0.25) is 0 Å². The molecule has 126 valence electrons. The maximum absolute atomic E-state index is 8.99.